The second-order valence-electron chi connectivity index (χ2n) is 4.40. The van der Waals surface area contributed by atoms with Crippen LogP contribution >= 0.6 is 23.6 Å². The standard InChI is InChI=1S/C14H10N2O2S2/c1-7-3-2-4-8-5-9(12(17)15-11(7)8)6-10-13(18)16-14(19)20-10/h2-6,18H,1H3,(H,16,19)/b9-6+. The van der Waals surface area contributed by atoms with Gasteiger partial charge in [0.05, 0.1) is 10.2 Å². The van der Waals surface area contributed by atoms with Gasteiger partial charge in [0.2, 0.25) is 5.88 Å². The largest absolute Gasteiger partial charge is 0.494 e. The van der Waals surface area contributed by atoms with Crippen molar-refractivity contribution in [3.63, 3.8) is 0 Å². The Balaban J connectivity index is 2.20. The van der Waals surface area contributed by atoms with Crippen LogP contribution in [0.15, 0.2) is 28.8 Å². The molecule has 0 unspecified atom stereocenters. The summed E-state index contributed by atoms with van der Waals surface area (Å²) in [6, 6.07) is 5.75. The van der Waals surface area contributed by atoms with E-state index < -0.39 is 0 Å². The number of carbonyl (C=O) groups excluding carboxylic acids is 1. The minimum absolute atomic E-state index is 0.0243. The lowest BCUT2D eigenvalue weighted by Crippen LogP contribution is -2.32. The third-order valence-corrected chi connectivity index (χ3v) is 4.15. The number of aromatic nitrogens is 1. The van der Waals surface area contributed by atoms with Gasteiger partial charge in [0.25, 0.3) is 5.91 Å². The Morgan fingerprint density at radius 1 is 1.45 bits per heavy atom. The molecule has 2 heterocycles. The van der Waals surface area contributed by atoms with E-state index in [4.69, 9.17) is 12.2 Å². The lowest BCUT2D eigenvalue weighted by atomic mass is 10.1. The van der Waals surface area contributed by atoms with E-state index in [1.807, 2.05) is 25.1 Å². The summed E-state index contributed by atoms with van der Waals surface area (Å²) in [4.78, 5) is 19.3. The zero-order valence-corrected chi connectivity index (χ0v) is 12.1. The highest BCUT2D eigenvalue weighted by atomic mass is 32.1. The lowest BCUT2D eigenvalue weighted by molar-refractivity contribution is -0.114. The smallest absolute Gasteiger partial charge is 0.277 e. The number of hydrogen-bond acceptors (Lipinski definition) is 4. The number of rotatable bonds is 1. The molecule has 1 aromatic carbocycles. The van der Waals surface area contributed by atoms with Crippen LogP contribution in [-0.4, -0.2) is 16.0 Å². The quantitative estimate of drug-likeness (QED) is 0.624. The van der Waals surface area contributed by atoms with E-state index in [0.29, 0.717) is 19.8 Å². The summed E-state index contributed by atoms with van der Waals surface area (Å²) in [6.45, 7) is 1.92. The molecule has 0 bridgehead atoms. The van der Waals surface area contributed by atoms with E-state index in [0.717, 1.165) is 10.8 Å². The maximum absolute atomic E-state index is 12.1. The third kappa shape index (κ3) is 2.23. The molecule has 1 aliphatic rings. The molecule has 100 valence electrons. The number of hydrogen-bond donors (Lipinski definition) is 2. The average molecular weight is 302 g/mol. The van der Waals surface area contributed by atoms with Crippen molar-refractivity contribution in [1.29, 1.82) is 0 Å². The molecule has 0 radical (unpaired) electrons. The summed E-state index contributed by atoms with van der Waals surface area (Å²) in [5.74, 6) is -0.339. The number of thiazole rings is 1. The normalized spacial score (nSPS) is 15.7. The molecule has 2 aromatic rings. The van der Waals surface area contributed by atoms with Crippen molar-refractivity contribution >= 4 is 41.6 Å². The molecule has 0 saturated carbocycles. The van der Waals surface area contributed by atoms with Crippen LogP contribution in [0.5, 0.6) is 5.88 Å². The number of aromatic amines is 1. The average Bonchev–Trinajstić information content (AvgIpc) is 2.70. The number of aryl methyl sites for hydroxylation is 1. The van der Waals surface area contributed by atoms with E-state index in [1.54, 1.807) is 12.2 Å². The summed E-state index contributed by atoms with van der Waals surface area (Å²) >= 11 is 6.17. The van der Waals surface area contributed by atoms with Gasteiger partial charge >= 0.3 is 0 Å². The predicted molar refractivity (Wildman–Crippen MR) is 80.6 cm³/mol. The van der Waals surface area contributed by atoms with Gasteiger partial charge in [-0.15, -0.1) is 11.3 Å². The van der Waals surface area contributed by atoms with Crippen molar-refractivity contribution in [3.8, 4) is 5.88 Å². The Bertz CT molecular complexity index is 919. The second-order valence-corrected chi connectivity index (χ2v) is 6.12. The zero-order valence-electron chi connectivity index (χ0n) is 10.5. The van der Waals surface area contributed by atoms with Gasteiger partial charge < -0.3 is 10.1 Å². The topological polar surface area (TPSA) is 65.5 Å². The zero-order chi connectivity index (χ0) is 14.3. The Kier molecular flexibility index (Phi) is 3.11. The first-order valence-corrected chi connectivity index (χ1v) is 7.11. The fraction of sp³-hybridized carbons (Fsp3) is 0.0714. The molecular formula is C14H10N2O2S2. The van der Waals surface area contributed by atoms with Gasteiger partial charge in [0.1, 0.15) is 0 Å². The van der Waals surface area contributed by atoms with E-state index in [-0.39, 0.29) is 11.8 Å². The number of para-hydroxylation sites is 1. The van der Waals surface area contributed by atoms with Crippen LogP contribution < -0.4 is 10.6 Å². The van der Waals surface area contributed by atoms with Crippen molar-refractivity contribution in [2.24, 2.45) is 4.99 Å². The number of carbonyl (C=O) groups is 1. The Labute approximate surface area is 123 Å². The van der Waals surface area contributed by atoms with Gasteiger partial charge in [0, 0.05) is 10.8 Å². The summed E-state index contributed by atoms with van der Waals surface area (Å²) in [6.07, 6.45) is 3.38. The minimum Gasteiger partial charge on any atom is -0.494 e. The fourth-order valence-corrected chi connectivity index (χ4v) is 3.07. The maximum Gasteiger partial charge on any atom is 0.277 e. The van der Waals surface area contributed by atoms with E-state index in [2.05, 4.69) is 9.98 Å². The lowest BCUT2D eigenvalue weighted by Gasteiger charge is -2.04. The molecule has 1 aliphatic heterocycles. The third-order valence-electron chi connectivity index (χ3n) is 2.98. The molecule has 4 nitrogen and oxygen atoms in total. The maximum atomic E-state index is 12.1. The van der Waals surface area contributed by atoms with Crippen LogP contribution in [0.25, 0.3) is 12.2 Å². The predicted octanol–water partition coefficient (Wildman–Crippen LogP) is 1.84. The second kappa shape index (κ2) is 4.81. The van der Waals surface area contributed by atoms with E-state index in [1.165, 1.54) is 11.3 Å². The first-order chi connectivity index (χ1) is 9.54. The Morgan fingerprint density at radius 3 is 2.95 bits per heavy atom. The first-order valence-electron chi connectivity index (χ1n) is 5.89. The highest BCUT2D eigenvalue weighted by Gasteiger charge is 2.13. The molecular weight excluding hydrogens is 292 g/mol. The Morgan fingerprint density at radius 2 is 2.25 bits per heavy atom. The molecule has 0 aliphatic carbocycles. The minimum atomic E-state index is -0.314. The molecule has 0 saturated heterocycles. The van der Waals surface area contributed by atoms with Gasteiger partial charge in [0.15, 0.2) is 3.95 Å². The van der Waals surface area contributed by atoms with Gasteiger partial charge in [-0.1, -0.05) is 18.2 Å². The van der Waals surface area contributed by atoms with Crippen LogP contribution in [-0.2, 0) is 4.79 Å². The molecule has 0 fully saturated rings. The molecule has 1 amide bonds. The van der Waals surface area contributed by atoms with Gasteiger partial charge in [-0.3, -0.25) is 4.79 Å². The number of aromatic hydroxyl groups is 1. The van der Waals surface area contributed by atoms with Crippen molar-refractivity contribution in [3.05, 3.63) is 48.7 Å². The molecule has 20 heavy (non-hydrogen) atoms. The molecule has 1 aromatic heterocycles. The van der Waals surface area contributed by atoms with Crippen LogP contribution in [0.1, 0.15) is 10.4 Å². The van der Waals surface area contributed by atoms with Crippen LogP contribution in [0, 0.1) is 10.9 Å². The molecule has 3 rings (SSSR count). The number of nitrogens with one attached hydrogen (secondary N) is 1. The van der Waals surface area contributed by atoms with E-state index >= 15 is 0 Å². The molecule has 2 N–H and O–H groups in total. The van der Waals surface area contributed by atoms with Crippen molar-refractivity contribution in [2.45, 2.75) is 6.92 Å². The van der Waals surface area contributed by atoms with Gasteiger partial charge in [-0.2, -0.15) is 0 Å². The first kappa shape index (κ1) is 13.0. The monoisotopic (exact) mass is 302 g/mol. The number of amides is 1. The van der Waals surface area contributed by atoms with Crippen molar-refractivity contribution in [1.82, 2.24) is 4.98 Å². The number of benzene rings is 1. The summed E-state index contributed by atoms with van der Waals surface area (Å²) < 4.78 is 0.464. The van der Waals surface area contributed by atoms with Crippen LogP contribution in [0.3, 0.4) is 0 Å². The molecule has 0 spiro atoms. The number of H-pyrrole nitrogens is 1. The molecule has 0 atom stereocenters. The van der Waals surface area contributed by atoms with E-state index in [9.17, 15) is 9.90 Å². The SMILES string of the molecule is Cc1cccc2c1=NC(=O)/C(=C/c1sc(=S)[nH]c1O)C=2. The highest BCUT2D eigenvalue weighted by Crippen LogP contribution is 2.25. The van der Waals surface area contributed by atoms with Gasteiger partial charge in [-0.25, -0.2) is 4.99 Å². The number of nitrogens with zero attached hydrogens (tertiary/aromatic N) is 1. The number of fused-ring (bicyclic) bond motifs is 1. The Hall–Kier alpha value is -2.05. The summed E-state index contributed by atoms with van der Waals surface area (Å²) in [5.41, 5.74) is 1.40. The van der Waals surface area contributed by atoms with Gasteiger partial charge in [-0.05, 0) is 36.9 Å². The summed E-state index contributed by atoms with van der Waals surface area (Å²) in [5, 5.41) is 11.3. The molecule has 6 heteroatoms. The van der Waals surface area contributed by atoms with Crippen molar-refractivity contribution in [2.75, 3.05) is 0 Å². The summed E-state index contributed by atoms with van der Waals surface area (Å²) in [7, 11) is 0. The fourth-order valence-electron chi connectivity index (χ4n) is 2.02. The van der Waals surface area contributed by atoms with Crippen molar-refractivity contribution < 1.29 is 9.90 Å². The van der Waals surface area contributed by atoms with Crippen LogP contribution in [0.2, 0.25) is 0 Å². The van der Waals surface area contributed by atoms with Crippen LogP contribution in [0.4, 0.5) is 0 Å². The highest BCUT2D eigenvalue weighted by molar-refractivity contribution is 7.73.